The van der Waals surface area contributed by atoms with Crippen molar-refractivity contribution in [2.45, 2.75) is 38.8 Å². The van der Waals surface area contributed by atoms with Crippen molar-refractivity contribution in [3.63, 3.8) is 0 Å². The van der Waals surface area contributed by atoms with Crippen LogP contribution >= 0.6 is 0 Å². The minimum atomic E-state index is -0.171. The molecule has 26 heavy (non-hydrogen) atoms. The van der Waals surface area contributed by atoms with Gasteiger partial charge in [-0.15, -0.1) is 0 Å². The van der Waals surface area contributed by atoms with Gasteiger partial charge in [-0.2, -0.15) is 5.26 Å². The van der Waals surface area contributed by atoms with Crippen LogP contribution in [0.25, 0.3) is 0 Å². The Labute approximate surface area is 154 Å². The first-order valence-corrected chi connectivity index (χ1v) is 8.89. The van der Waals surface area contributed by atoms with E-state index in [-0.39, 0.29) is 12.1 Å². The predicted molar refractivity (Wildman–Crippen MR) is 101 cm³/mol. The smallest absolute Gasteiger partial charge is 0.319 e. The van der Waals surface area contributed by atoms with Crippen molar-refractivity contribution in [1.29, 1.82) is 5.26 Å². The number of hydrogen-bond donors (Lipinski definition) is 2. The molecule has 0 heterocycles. The molecule has 2 aromatic rings. The maximum absolute atomic E-state index is 12.1. The van der Waals surface area contributed by atoms with Crippen molar-refractivity contribution < 1.29 is 9.53 Å². The number of carbonyl (C=O) groups is 1. The summed E-state index contributed by atoms with van der Waals surface area (Å²) >= 11 is 0. The van der Waals surface area contributed by atoms with Gasteiger partial charge in [0.05, 0.1) is 12.5 Å². The Balaban J connectivity index is 1.51. The van der Waals surface area contributed by atoms with Gasteiger partial charge >= 0.3 is 6.03 Å². The van der Waals surface area contributed by atoms with E-state index in [1.807, 2.05) is 55.5 Å². The lowest BCUT2D eigenvalue weighted by atomic mass is 10.1. The quantitative estimate of drug-likeness (QED) is 0.784. The Kier molecular flexibility index (Phi) is 5.75. The van der Waals surface area contributed by atoms with Crippen molar-refractivity contribution in [2.75, 3.05) is 5.32 Å². The van der Waals surface area contributed by atoms with Crippen LogP contribution in [0, 0.1) is 17.2 Å². The summed E-state index contributed by atoms with van der Waals surface area (Å²) in [6, 6.07) is 17.3. The Morgan fingerprint density at radius 3 is 2.69 bits per heavy atom. The molecule has 1 aliphatic rings. The van der Waals surface area contributed by atoms with Crippen LogP contribution in [0.5, 0.6) is 5.75 Å². The van der Waals surface area contributed by atoms with Crippen LogP contribution in [-0.2, 0) is 13.0 Å². The first-order valence-electron chi connectivity index (χ1n) is 8.89. The number of carbonyl (C=O) groups excluding carboxylic acids is 1. The average molecular weight is 349 g/mol. The molecular weight excluding hydrogens is 326 g/mol. The van der Waals surface area contributed by atoms with Gasteiger partial charge in [-0.05, 0) is 61.1 Å². The molecular formula is C21H23N3O2. The molecule has 2 amide bonds. The number of nitriles is 1. The van der Waals surface area contributed by atoms with Gasteiger partial charge in [-0.3, -0.25) is 0 Å². The zero-order valence-corrected chi connectivity index (χ0v) is 14.9. The highest BCUT2D eigenvalue weighted by molar-refractivity contribution is 5.89. The minimum Gasteiger partial charge on any atom is -0.489 e. The lowest BCUT2D eigenvalue weighted by Gasteiger charge is -2.14. The molecule has 0 saturated heterocycles. The Morgan fingerprint density at radius 1 is 1.23 bits per heavy atom. The van der Waals surface area contributed by atoms with Crippen molar-refractivity contribution in [1.82, 2.24) is 5.32 Å². The van der Waals surface area contributed by atoms with Crippen LogP contribution in [0.1, 0.15) is 30.9 Å². The first-order chi connectivity index (χ1) is 12.6. The number of nitrogens with one attached hydrogen (secondary N) is 2. The molecule has 1 fully saturated rings. The number of hydrogen-bond acceptors (Lipinski definition) is 3. The van der Waals surface area contributed by atoms with Gasteiger partial charge in [0.25, 0.3) is 0 Å². The summed E-state index contributed by atoms with van der Waals surface area (Å²) in [4.78, 5) is 12.1. The Bertz CT molecular complexity index is 792. The number of benzene rings is 2. The minimum absolute atomic E-state index is 0.171. The summed E-state index contributed by atoms with van der Waals surface area (Å²) in [5.41, 5.74) is 2.69. The Morgan fingerprint density at radius 2 is 2.00 bits per heavy atom. The van der Waals surface area contributed by atoms with Crippen LogP contribution < -0.4 is 15.4 Å². The fraction of sp³-hybridized carbons (Fsp3) is 0.333. The summed E-state index contributed by atoms with van der Waals surface area (Å²) in [6.07, 6.45) is 2.80. The normalized spacial score (nSPS) is 14.2. The highest BCUT2D eigenvalue weighted by atomic mass is 16.5. The number of nitrogens with zero attached hydrogens (tertiary/aromatic N) is 1. The molecule has 134 valence electrons. The van der Waals surface area contributed by atoms with Crippen molar-refractivity contribution >= 4 is 11.7 Å². The van der Waals surface area contributed by atoms with E-state index < -0.39 is 0 Å². The van der Waals surface area contributed by atoms with Crippen LogP contribution in [0.15, 0.2) is 48.5 Å². The van der Waals surface area contributed by atoms with E-state index in [2.05, 4.69) is 16.7 Å². The molecule has 5 nitrogen and oxygen atoms in total. The van der Waals surface area contributed by atoms with Gasteiger partial charge < -0.3 is 15.4 Å². The average Bonchev–Trinajstić information content (AvgIpc) is 3.47. The van der Waals surface area contributed by atoms with Gasteiger partial charge in [0.2, 0.25) is 0 Å². The predicted octanol–water partition coefficient (Wildman–Crippen LogP) is 4.25. The number of rotatable bonds is 7. The maximum Gasteiger partial charge on any atom is 0.319 e. The van der Waals surface area contributed by atoms with E-state index in [0.29, 0.717) is 18.9 Å². The monoisotopic (exact) mass is 349 g/mol. The van der Waals surface area contributed by atoms with Crippen molar-refractivity contribution in [3.05, 3.63) is 59.7 Å². The zero-order valence-electron chi connectivity index (χ0n) is 14.9. The second kappa shape index (κ2) is 8.39. The van der Waals surface area contributed by atoms with Crippen LogP contribution in [-0.4, -0.2) is 12.1 Å². The van der Waals surface area contributed by atoms with Crippen LogP contribution in [0.2, 0.25) is 0 Å². The topological polar surface area (TPSA) is 74.2 Å². The molecule has 3 rings (SSSR count). The molecule has 0 radical (unpaired) electrons. The second-order valence-corrected chi connectivity index (χ2v) is 6.69. The summed E-state index contributed by atoms with van der Waals surface area (Å²) in [5.74, 6) is 1.38. The summed E-state index contributed by atoms with van der Waals surface area (Å²) in [6.45, 7) is 2.45. The molecule has 0 bridgehead atoms. The maximum atomic E-state index is 12.1. The van der Waals surface area contributed by atoms with Crippen molar-refractivity contribution in [2.24, 2.45) is 5.92 Å². The fourth-order valence-corrected chi connectivity index (χ4v) is 2.79. The Hall–Kier alpha value is -3.00. The summed E-state index contributed by atoms with van der Waals surface area (Å²) in [7, 11) is 0. The van der Waals surface area contributed by atoms with E-state index >= 15 is 0 Å². The van der Waals surface area contributed by atoms with E-state index in [4.69, 9.17) is 10.00 Å². The first kappa shape index (κ1) is 17.8. The SMILES string of the molecule is CC(NC(=O)Nc1cccc(COc2ccc(CC#N)cc2)c1)C1CC1. The van der Waals surface area contributed by atoms with E-state index in [1.54, 1.807) is 0 Å². The van der Waals surface area contributed by atoms with Gasteiger partial charge in [0, 0.05) is 11.7 Å². The third-order valence-corrected chi connectivity index (χ3v) is 4.48. The number of amides is 2. The summed E-state index contributed by atoms with van der Waals surface area (Å²) in [5, 5.41) is 14.6. The third kappa shape index (κ3) is 5.25. The zero-order chi connectivity index (χ0) is 18.4. The van der Waals surface area contributed by atoms with E-state index in [9.17, 15) is 4.79 Å². The number of anilines is 1. The summed E-state index contributed by atoms with van der Waals surface area (Å²) < 4.78 is 5.78. The van der Waals surface area contributed by atoms with Gasteiger partial charge in [0.1, 0.15) is 12.4 Å². The molecule has 2 N–H and O–H groups in total. The van der Waals surface area contributed by atoms with Gasteiger partial charge in [0.15, 0.2) is 0 Å². The number of urea groups is 1. The van der Waals surface area contributed by atoms with E-state index in [1.165, 1.54) is 12.8 Å². The molecule has 1 saturated carbocycles. The molecule has 1 atom stereocenters. The van der Waals surface area contributed by atoms with Crippen LogP contribution in [0.3, 0.4) is 0 Å². The molecule has 0 aliphatic heterocycles. The van der Waals surface area contributed by atoms with Crippen molar-refractivity contribution in [3.8, 4) is 11.8 Å². The fourth-order valence-electron chi connectivity index (χ4n) is 2.79. The molecule has 1 unspecified atom stereocenters. The molecule has 1 aliphatic carbocycles. The molecule has 5 heteroatoms. The largest absolute Gasteiger partial charge is 0.489 e. The van der Waals surface area contributed by atoms with E-state index in [0.717, 1.165) is 22.6 Å². The second-order valence-electron chi connectivity index (χ2n) is 6.69. The highest BCUT2D eigenvalue weighted by Crippen LogP contribution is 2.32. The third-order valence-electron chi connectivity index (χ3n) is 4.48. The molecule has 0 spiro atoms. The highest BCUT2D eigenvalue weighted by Gasteiger charge is 2.28. The molecule has 0 aromatic heterocycles. The standard InChI is InChI=1S/C21H23N3O2/c1-15(18-7-8-18)23-21(25)24-19-4-2-3-17(13-19)14-26-20-9-5-16(6-10-20)11-12-22/h2-6,9-10,13,15,18H,7-8,11,14H2,1H3,(H2,23,24,25). The van der Waals surface area contributed by atoms with Crippen LogP contribution in [0.4, 0.5) is 10.5 Å². The molecule has 2 aromatic carbocycles. The lowest BCUT2D eigenvalue weighted by Crippen LogP contribution is -2.37. The lowest BCUT2D eigenvalue weighted by molar-refractivity contribution is 0.248. The van der Waals surface area contributed by atoms with Gasteiger partial charge in [-0.25, -0.2) is 4.79 Å². The van der Waals surface area contributed by atoms with Gasteiger partial charge in [-0.1, -0.05) is 24.3 Å². The number of ether oxygens (including phenoxy) is 1.